The molecule has 0 atom stereocenters. The van der Waals surface area contributed by atoms with E-state index in [1.165, 1.54) is 18.2 Å². The maximum absolute atomic E-state index is 13.5. The second-order valence-electron chi connectivity index (χ2n) is 3.55. The second-order valence-corrected chi connectivity index (χ2v) is 3.55. The zero-order chi connectivity index (χ0) is 11.5. The van der Waals surface area contributed by atoms with Crippen molar-refractivity contribution < 1.29 is 8.78 Å². The molecule has 0 nitrogen and oxygen atoms in total. The molecule has 0 saturated carbocycles. The highest BCUT2D eigenvalue weighted by atomic mass is 19.1. The first-order valence-electron chi connectivity index (χ1n) is 5.17. The molecule has 2 rings (SSSR count). The molecule has 0 N–H and O–H groups in total. The lowest BCUT2D eigenvalue weighted by Crippen LogP contribution is -1.90. The number of halogens is 2. The summed E-state index contributed by atoms with van der Waals surface area (Å²) in [5.41, 5.74) is 1.54. The zero-order valence-corrected chi connectivity index (χ0v) is 8.93. The molecule has 0 amide bonds. The first-order chi connectivity index (χ1) is 7.72. The van der Waals surface area contributed by atoms with E-state index in [1.54, 1.807) is 18.2 Å². The summed E-state index contributed by atoms with van der Waals surface area (Å²) in [6.45, 7) is 1.98. The lowest BCUT2D eigenvalue weighted by Gasteiger charge is -2.06. The number of rotatable bonds is 2. The molecule has 0 spiro atoms. The molecule has 0 bridgehead atoms. The fourth-order valence-corrected chi connectivity index (χ4v) is 1.65. The Hall–Kier alpha value is -1.70. The van der Waals surface area contributed by atoms with Crippen molar-refractivity contribution in [2.75, 3.05) is 0 Å². The predicted octanol–water partition coefficient (Wildman–Crippen LogP) is 3.99. The Balaban J connectivity index is 2.58. The topological polar surface area (TPSA) is 0 Å². The summed E-state index contributed by atoms with van der Waals surface area (Å²) >= 11 is 0. The quantitative estimate of drug-likeness (QED) is 0.713. The molecule has 0 unspecified atom stereocenters. The first kappa shape index (κ1) is 10.8. The van der Waals surface area contributed by atoms with Gasteiger partial charge in [-0.3, -0.25) is 0 Å². The summed E-state index contributed by atoms with van der Waals surface area (Å²) in [5, 5.41) is 0. The highest BCUT2D eigenvalue weighted by Gasteiger charge is 2.10. The average molecular weight is 217 g/mol. The van der Waals surface area contributed by atoms with Gasteiger partial charge in [0.2, 0.25) is 0 Å². The van der Waals surface area contributed by atoms with Crippen LogP contribution in [-0.4, -0.2) is 0 Å². The van der Waals surface area contributed by atoms with Crippen LogP contribution in [0.2, 0.25) is 0 Å². The fourth-order valence-electron chi connectivity index (χ4n) is 1.65. The third-order valence-electron chi connectivity index (χ3n) is 2.49. The second kappa shape index (κ2) is 4.44. The molecule has 2 aromatic rings. The molecule has 0 aliphatic carbocycles. The molecule has 0 aromatic heterocycles. The van der Waals surface area contributed by atoms with E-state index < -0.39 is 11.6 Å². The van der Waals surface area contributed by atoms with Crippen molar-refractivity contribution >= 4 is 0 Å². The minimum atomic E-state index is -0.534. The van der Waals surface area contributed by atoms with Gasteiger partial charge in [-0.1, -0.05) is 31.2 Å². The third-order valence-corrected chi connectivity index (χ3v) is 2.49. The SMILES string of the molecule is CCc1[c]ccc(-c2c(F)cccc2F)c1. The molecule has 16 heavy (non-hydrogen) atoms. The van der Waals surface area contributed by atoms with Crippen LogP contribution in [0, 0.1) is 17.7 Å². The zero-order valence-electron chi connectivity index (χ0n) is 8.93. The van der Waals surface area contributed by atoms with Crippen molar-refractivity contribution in [1.82, 2.24) is 0 Å². The van der Waals surface area contributed by atoms with Crippen LogP contribution in [0.4, 0.5) is 8.78 Å². The fraction of sp³-hybridized carbons (Fsp3) is 0.143. The van der Waals surface area contributed by atoms with E-state index in [0.29, 0.717) is 5.56 Å². The number of hydrogen-bond donors (Lipinski definition) is 0. The van der Waals surface area contributed by atoms with Crippen LogP contribution in [0.15, 0.2) is 36.4 Å². The molecule has 0 heterocycles. The monoisotopic (exact) mass is 217 g/mol. The van der Waals surface area contributed by atoms with Gasteiger partial charge in [-0.15, -0.1) is 0 Å². The van der Waals surface area contributed by atoms with Crippen LogP contribution in [-0.2, 0) is 6.42 Å². The summed E-state index contributed by atoms with van der Waals surface area (Å²) in [5.74, 6) is -1.07. The Kier molecular flexibility index (Phi) is 3.00. The van der Waals surface area contributed by atoms with Crippen LogP contribution in [0.25, 0.3) is 11.1 Å². The van der Waals surface area contributed by atoms with Crippen molar-refractivity contribution in [3.8, 4) is 11.1 Å². The van der Waals surface area contributed by atoms with Crippen molar-refractivity contribution in [2.24, 2.45) is 0 Å². The first-order valence-corrected chi connectivity index (χ1v) is 5.17. The molecule has 0 fully saturated rings. The van der Waals surface area contributed by atoms with Crippen LogP contribution in [0.3, 0.4) is 0 Å². The van der Waals surface area contributed by atoms with E-state index in [0.717, 1.165) is 12.0 Å². The van der Waals surface area contributed by atoms with Crippen molar-refractivity contribution in [3.05, 3.63) is 59.7 Å². The Morgan fingerprint density at radius 2 is 1.81 bits per heavy atom. The van der Waals surface area contributed by atoms with E-state index in [4.69, 9.17) is 0 Å². The van der Waals surface area contributed by atoms with Gasteiger partial charge in [0.25, 0.3) is 0 Å². The average Bonchev–Trinajstić information content (AvgIpc) is 2.29. The molecule has 1 radical (unpaired) electrons. The van der Waals surface area contributed by atoms with Crippen LogP contribution in [0.1, 0.15) is 12.5 Å². The standard InChI is InChI=1S/C14H11F2/c1-2-10-5-3-6-11(9-10)14-12(15)7-4-8-13(14)16/h3-4,6-9H,2H2,1H3. The summed E-state index contributed by atoms with van der Waals surface area (Å²) < 4.78 is 27.0. The normalized spacial score (nSPS) is 10.4. The molecule has 0 aliphatic rings. The van der Waals surface area contributed by atoms with Gasteiger partial charge in [0, 0.05) is 0 Å². The van der Waals surface area contributed by atoms with Crippen molar-refractivity contribution in [1.29, 1.82) is 0 Å². The highest BCUT2D eigenvalue weighted by Crippen LogP contribution is 2.26. The highest BCUT2D eigenvalue weighted by molar-refractivity contribution is 5.65. The third kappa shape index (κ3) is 1.96. The van der Waals surface area contributed by atoms with Crippen molar-refractivity contribution in [2.45, 2.75) is 13.3 Å². The van der Waals surface area contributed by atoms with Gasteiger partial charge in [-0.05, 0) is 35.7 Å². The Morgan fingerprint density at radius 1 is 1.12 bits per heavy atom. The van der Waals surface area contributed by atoms with Crippen molar-refractivity contribution in [3.63, 3.8) is 0 Å². The lowest BCUT2D eigenvalue weighted by atomic mass is 10.0. The minimum absolute atomic E-state index is 0.0335. The lowest BCUT2D eigenvalue weighted by molar-refractivity contribution is 0.589. The van der Waals surface area contributed by atoms with E-state index in [9.17, 15) is 8.78 Å². The summed E-state index contributed by atoms with van der Waals surface area (Å²) in [4.78, 5) is 0. The number of aryl methyl sites for hydroxylation is 1. The van der Waals surface area contributed by atoms with Gasteiger partial charge in [0.05, 0.1) is 5.56 Å². The minimum Gasteiger partial charge on any atom is -0.206 e. The number of hydrogen-bond acceptors (Lipinski definition) is 0. The Labute approximate surface area is 93.5 Å². The number of benzene rings is 2. The summed E-state index contributed by atoms with van der Waals surface area (Å²) in [6.07, 6.45) is 0.796. The summed E-state index contributed by atoms with van der Waals surface area (Å²) in [6, 6.07) is 12.0. The Bertz CT molecular complexity index is 484. The maximum atomic E-state index is 13.5. The van der Waals surface area contributed by atoms with E-state index in [-0.39, 0.29) is 5.56 Å². The largest absolute Gasteiger partial charge is 0.206 e. The van der Waals surface area contributed by atoms with Gasteiger partial charge < -0.3 is 0 Å². The molecular formula is C14H11F2. The van der Waals surface area contributed by atoms with Crippen LogP contribution < -0.4 is 0 Å². The Morgan fingerprint density at radius 3 is 2.44 bits per heavy atom. The van der Waals surface area contributed by atoms with Gasteiger partial charge in [0.15, 0.2) is 0 Å². The van der Waals surface area contributed by atoms with E-state index >= 15 is 0 Å². The van der Waals surface area contributed by atoms with Crippen LogP contribution in [0.5, 0.6) is 0 Å². The maximum Gasteiger partial charge on any atom is 0.133 e. The van der Waals surface area contributed by atoms with Gasteiger partial charge in [-0.2, -0.15) is 0 Å². The molecule has 2 heteroatoms. The predicted molar refractivity (Wildman–Crippen MR) is 60.0 cm³/mol. The molecule has 2 aromatic carbocycles. The molecule has 81 valence electrons. The van der Waals surface area contributed by atoms with E-state index in [2.05, 4.69) is 6.07 Å². The van der Waals surface area contributed by atoms with Gasteiger partial charge in [-0.25, -0.2) is 8.78 Å². The molecule has 0 aliphatic heterocycles. The smallest absolute Gasteiger partial charge is 0.133 e. The van der Waals surface area contributed by atoms with Crippen LogP contribution >= 0.6 is 0 Å². The molecular weight excluding hydrogens is 206 g/mol. The van der Waals surface area contributed by atoms with Gasteiger partial charge in [0.1, 0.15) is 11.6 Å². The molecule has 0 saturated heterocycles. The van der Waals surface area contributed by atoms with Gasteiger partial charge >= 0.3 is 0 Å². The van der Waals surface area contributed by atoms with E-state index in [1.807, 2.05) is 6.92 Å². The summed E-state index contributed by atoms with van der Waals surface area (Å²) in [7, 11) is 0.